The average Bonchev–Trinajstić information content (AvgIpc) is 2.28. The maximum atomic E-state index is 12.2. The molecule has 1 aliphatic rings. The first-order valence-corrected chi connectivity index (χ1v) is 9.29. The summed E-state index contributed by atoms with van der Waals surface area (Å²) < 4.78 is 27.8. The summed E-state index contributed by atoms with van der Waals surface area (Å²) >= 11 is 5.04. The van der Waals surface area contributed by atoms with E-state index in [2.05, 4.69) is 20.7 Å². The first-order chi connectivity index (χ1) is 8.49. The molecule has 0 bridgehead atoms. The fourth-order valence-electron chi connectivity index (χ4n) is 1.99. The highest BCUT2D eigenvalue weighted by Crippen LogP contribution is 2.42. The molecule has 0 spiro atoms. The van der Waals surface area contributed by atoms with Crippen molar-refractivity contribution in [2.75, 3.05) is 12.8 Å². The number of hydrogen-bond acceptors (Lipinski definition) is 3. The summed E-state index contributed by atoms with van der Waals surface area (Å²) in [6.45, 7) is 0.512. The number of hydrogen-bond donors (Lipinski definition) is 1. The molecule has 1 aliphatic carbocycles. The minimum atomic E-state index is -3.42. The van der Waals surface area contributed by atoms with E-state index >= 15 is 0 Å². The van der Waals surface area contributed by atoms with Crippen LogP contribution in [0.25, 0.3) is 0 Å². The molecule has 100 valence electrons. The summed E-state index contributed by atoms with van der Waals surface area (Å²) in [6, 6.07) is 6.88. The lowest BCUT2D eigenvalue weighted by Gasteiger charge is -2.40. The molecule has 0 radical (unpaired) electrons. The van der Waals surface area contributed by atoms with Gasteiger partial charge in [0.05, 0.1) is 4.90 Å². The van der Waals surface area contributed by atoms with E-state index in [4.69, 9.17) is 0 Å². The minimum Gasteiger partial charge on any atom is -0.210 e. The Morgan fingerprint density at radius 3 is 2.56 bits per heavy atom. The van der Waals surface area contributed by atoms with E-state index in [1.807, 2.05) is 6.26 Å². The highest BCUT2D eigenvalue weighted by atomic mass is 79.9. The second kappa shape index (κ2) is 5.53. The topological polar surface area (TPSA) is 46.2 Å². The molecule has 1 N–H and O–H groups in total. The number of thioether (sulfide) groups is 1. The fourth-order valence-corrected chi connectivity index (χ4v) is 5.12. The molecule has 1 aromatic carbocycles. The third-order valence-electron chi connectivity index (χ3n) is 3.41. The smallest absolute Gasteiger partial charge is 0.210 e. The molecule has 0 amide bonds. The van der Waals surface area contributed by atoms with Gasteiger partial charge in [-0.3, -0.25) is 0 Å². The first kappa shape index (κ1) is 14.4. The van der Waals surface area contributed by atoms with Gasteiger partial charge in [-0.05, 0) is 47.2 Å². The van der Waals surface area contributed by atoms with Crippen LogP contribution in [-0.4, -0.2) is 26.0 Å². The maximum absolute atomic E-state index is 12.2. The zero-order valence-corrected chi connectivity index (χ0v) is 13.4. The summed E-state index contributed by atoms with van der Waals surface area (Å²) in [6.07, 6.45) is 5.42. The van der Waals surface area contributed by atoms with Gasteiger partial charge in [-0.2, -0.15) is 11.8 Å². The number of rotatable bonds is 5. The van der Waals surface area contributed by atoms with Gasteiger partial charge in [0.2, 0.25) is 10.0 Å². The van der Waals surface area contributed by atoms with Crippen LogP contribution < -0.4 is 4.72 Å². The Kier molecular flexibility index (Phi) is 4.41. The summed E-state index contributed by atoms with van der Waals surface area (Å²) in [5.74, 6) is 0. The third-order valence-corrected chi connectivity index (χ3v) is 7.24. The Morgan fingerprint density at radius 1 is 1.39 bits per heavy atom. The molecule has 0 atom stereocenters. The van der Waals surface area contributed by atoms with Gasteiger partial charge in [0.15, 0.2) is 0 Å². The number of sulfonamides is 1. The van der Waals surface area contributed by atoms with Crippen LogP contribution >= 0.6 is 27.7 Å². The largest absolute Gasteiger partial charge is 0.241 e. The van der Waals surface area contributed by atoms with Crippen molar-refractivity contribution in [1.29, 1.82) is 0 Å². The zero-order chi connectivity index (χ0) is 13.2. The van der Waals surface area contributed by atoms with Gasteiger partial charge in [-0.15, -0.1) is 0 Å². The summed E-state index contributed by atoms with van der Waals surface area (Å²) in [5, 5.41) is 0. The second-order valence-corrected chi connectivity index (χ2v) is 8.36. The lowest BCUT2D eigenvalue weighted by Crippen LogP contribution is -2.45. The fraction of sp³-hybridized carbons (Fsp3) is 0.500. The molecule has 2 rings (SSSR count). The van der Waals surface area contributed by atoms with Crippen molar-refractivity contribution in [3.8, 4) is 0 Å². The molecule has 1 saturated carbocycles. The Balaban J connectivity index is 2.11. The highest BCUT2D eigenvalue weighted by Gasteiger charge is 2.37. The van der Waals surface area contributed by atoms with E-state index < -0.39 is 10.0 Å². The first-order valence-electron chi connectivity index (χ1n) is 5.78. The molecule has 0 heterocycles. The molecule has 1 fully saturated rings. The van der Waals surface area contributed by atoms with Gasteiger partial charge < -0.3 is 0 Å². The van der Waals surface area contributed by atoms with Crippen molar-refractivity contribution in [1.82, 2.24) is 4.72 Å². The van der Waals surface area contributed by atoms with Gasteiger partial charge in [-0.25, -0.2) is 13.1 Å². The predicted molar refractivity (Wildman–Crippen MR) is 79.4 cm³/mol. The highest BCUT2D eigenvalue weighted by molar-refractivity contribution is 9.10. The van der Waals surface area contributed by atoms with E-state index in [1.165, 1.54) is 6.42 Å². The Hall–Kier alpha value is -0.0400. The van der Waals surface area contributed by atoms with Gasteiger partial charge in [-0.1, -0.05) is 18.6 Å². The standard InChI is InChI=1S/C12H16BrNO2S2/c1-17-12(7-4-8-12)9-14-18(15,16)11-6-3-2-5-10(11)13/h2-3,5-6,14H,4,7-9H2,1H3. The molecule has 6 heteroatoms. The Morgan fingerprint density at radius 2 is 2.06 bits per heavy atom. The molecule has 0 aromatic heterocycles. The minimum absolute atomic E-state index is 0.105. The van der Waals surface area contributed by atoms with Crippen LogP contribution in [0.5, 0.6) is 0 Å². The van der Waals surface area contributed by atoms with Crippen molar-refractivity contribution in [2.45, 2.75) is 28.9 Å². The molecular formula is C12H16BrNO2S2. The normalized spacial score (nSPS) is 18.3. The molecule has 0 saturated heterocycles. The Bertz CT molecular complexity index is 521. The molecule has 18 heavy (non-hydrogen) atoms. The van der Waals surface area contributed by atoms with Crippen LogP contribution in [0.2, 0.25) is 0 Å². The third kappa shape index (κ3) is 2.92. The van der Waals surface area contributed by atoms with Gasteiger partial charge in [0.25, 0.3) is 0 Å². The van der Waals surface area contributed by atoms with Crippen LogP contribution in [-0.2, 0) is 10.0 Å². The van der Waals surface area contributed by atoms with Crippen molar-refractivity contribution < 1.29 is 8.42 Å². The van der Waals surface area contributed by atoms with Crippen LogP contribution in [0, 0.1) is 0 Å². The van der Waals surface area contributed by atoms with E-state index in [-0.39, 0.29) is 4.75 Å². The van der Waals surface area contributed by atoms with Gasteiger partial charge in [0, 0.05) is 15.8 Å². The maximum Gasteiger partial charge on any atom is 0.241 e. The summed E-state index contributed by atoms with van der Waals surface area (Å²) in [4.78, 5) is 0.306. The van der Waals surface area contributed by atoms with Crippen LogP contribution in [0.3, 0.4) is 0 Å². The second-order valence-electron chi connectivity index (χ2n) is 4.50. The summed E-state index contributed by atoms with van der Waals surface area (Å²) in [5.41, 5.74) is 0. The lowest BCUT2D eigenvalue weighted by atomic mass is 9.84. The quantitative estimate of drug-likeness (QED) is 0.888. The SMILES string of the molecule is CSC1(CNS(=O)(=O)c2ccccc2Br)CCC1. The van der Waals surface area contributed by atoms with E-state index in [1.54, 1.807) is 36.0 Å². The van der Waals surface area contributed by atoms with Gasteiger partial charge in [0.1, 0.15) is 0 Å². The Labute approximate surface area is 121 Å². The number of nitrogens with one attached hydrogen (secondary N) is 1. The van der Waals surface area contributed by atoms with Crippen molar-refractivity contribution in [3.05, 3.63) is 28.7 Å². The molecule has 1 aromatic rings. The molecule has 0 unspecified atom stereocenters. The van der Waals surface area contributed by atoms with Crippen molar-refractivity contribution in [3.63, 3.8) is 0 Å². The average molecular weight is 350 g/mol. The van der Waals surface area contributed by atoms with Crippen molar-refractivity contribution in [2.24, 2.45) is 0 Å². The van der Waals surface area contributed by atoms with Gasteiger partial charge >= 0.3 is 0 Å². The van der Waals surface area contributed by atoms with Crippen LogP contribution in [0.1, 0.15) is 19.3 Å². The number of benzene rings is 1. The molecular weight excluding hydrogens is 334 g/mol. The zero-order valence-electron chi connectivity index (χ0n) is 10.1. The van der Waals surface area contributed by atoms with E-state index in [9.17, 15) is 8.42 Å². The number of halogens is 1. The monoisotopic (exact) mass is 349 g/mol. The van der Waals surface area contributed by atoms with Crippen LogP contribution in [0.4, 0.5) is 0 Å². The van der Waals surface area contributed by atoms with Crippen LogP contribution in [0.15, 0.2) is 33.6 Å². The van der Waals surface area contributed by atoms with E-state index in [0.29, 0.717) is 15.9 Å². The summed E-state index contributed by atoms with van der Waals surface area (Å²) in [7, 11) is -3.42. The molecule has 3 nitrogen and oxygen atoms in total. The molecule has 0 aliphatic heterocycles. The predicted octanol–water partition coefficient (Wildman–Crippen LogP) is 3.01. The van der Waals surface area contributed by atoms with E-state index in [0.717, 1.165) is 12.8 Å². The lowest BCUT2D eigenvalue weighted by molar-refractivity contribution is 0.362. The van der Waals surface area contributed by atoms with Crippen molar-refractivity contribution >= 4 is 37.7 Å².